The summed E-state index contributed by atoms with van der Waals surface area (Å²) >= 11 is 0. The molecule has 0 heterocycles. The minimum atomic E-state index is -0.148. The Labute approximate surface area is 106 Å². The van der Waals surface area contributed by atoms with Crippen LogP contribution < -0.4 is 10.1 Å². The van der Waals surface area contributed by atoms with Crippen molar-refractivity contribution in [3.05, 3.63) is 54.1 Å². The predicted octanol–water partition coefficient (Wildman–Crippen LogP) is 2.72. The van der Waals surface area contributed by atoms with Crippen molar-refractivity contribution in [2.75, 3.05) is 14.2 Å². The summed E-state index contributed by atoms with van der Waals surface area (Å²) in [5.74, 6) is 0.452. The van der Waals surface area contributed by atoms with E-state index in [1.54, 1.807) is 20.2 Å². The lowest BCUT2D eigenvalue weighted by Gasteiger charge is -2.12. The number of hydrogen-bond acceptors (Lipinski definition) is 2. The van der Waals surface area contributed by atoms with Gasteiger partial charge in [0.2, 0.25) is 0 Å². The number of carbonyl (C=O) groups excluding carboxylic acids is 1. The monoisotopic (exact) mass is 241 g/mol. The van der Waals surface area contributed by atoms with Crippen LogP contribution in [0.5, 0.6) is 5.75 Å². The molecule has 0 aliphatic heterocycles. The van der Waals surface area contributed by atoms with E-state index in [1.807, 2.05) is 42.5 Å². The van der Waals surface area contributed by atoms with E-state index in [1.165, 1.54) is 0 Å². The van der Waals surface area contributed by atoms with Crippen molar-refractivity contribution in [2.24, 2.45) is 0 Å². The second-order valence-corrected chi connectivity index (χ2v) is 3.83. The Morgan fingerprint density at radius 1 is 1.06 bits per heavy atom. The van der Waals surface area contributed by atoms with Gasteiger partial charge in [0.1, 0.15) is 5.75 Å². The fourth-order valence-corrected chi connectivity index (χ4v) is 1.92. The van der Waals surface area contributed by atoms with Crippen LogP contribution in [0.3, 0.4) is 0 Å². The quantitative estimate of drug-likeness (QED) is 0.897. The molecule has 1 amide bonds. The summed E-state index contributed by atoms with van der Waals surface area (Å²) in [6.45, 7) is 0. The lowest BCUT2D eigenvalue weighted by Crippen LogP contribution is -2.18. The van der Waals surface area contributed by atoms with Crippen molar-refractivity contribution in [2.45, 2.75) is 0 Å². The van der Waals surface area contributed by atoms with Crippen molar-refractivity contribution >= 4 is 5.91 Å². The Balaban J connectivity index is 2.59. The van der Waals surface area contributed by atoms with Crippen molar-refractivity contribution in [3.63, 3.8) is 0 Å². The molecular weight excluding hydrogens is 226 g/mol. The van der Waals surface area contributed by atoms with E-state index >= 15 is 0 Å². The molecule has 0 aliphatic carbocycles. The average molecular weight is 241 g/mol. The summed E-state index contributed by atoms with van der Waals surface area (Å²) in [6, 6.07) is 15.4. The second-order valence-electron chi connectivity index (χ2n) is 3.83. The molecule has 3 nitrogen and oxygen atoms in total. The van der Waals surface area contributed by atoms with Gasteiger partial charge in [0.15, 0.2) is 0 Å². The molecule has 0 saturated carbocycles. The maximum atomic E-state index is 11.8. The average Bonchev–Trinajstić information content (AvgIpc) is 2.46. The number of amides is 1. The number of carbonyl (C=O) groups is 1. The highest BCUT2D eigenvalue weighted by molar-refractivity contribution is 5.99. The van der Waals surface area contributed by atoms with Crippen LogP contribution in [0.2, 0.25) is 0 Å². The van der Waals surface area contributed by atoms with Crippen molar-refractivity contribution < 1.29 is 9.53 Å². The van der Waals surface area contributed by atoms with Gasteiger partial charge in [-0.25, -0.2) is 0 Å². The van der Waals surface area contributed by atoms with Crippen molar-refractivity contribution in [3.8, 4) is 16.9 Å². The second kappa shape index (κ2) is 5.36. The van der Waals surface area contributed by atoms with Crippen LogP contribution >= 0.6 is 0 Å². The molecule has 18 heavy (non-hydrogen) atoms. The van der Waals surface area contributed by atoms with Gasteiger partial charge < -0.3 is 10.1 Å². The zero-order valence-corrected chi connectivity index (χ0v) is 10.4. The molecule has 2 aromatic rings. The molecule has 0 atom stereocenters. The van der Waals surface area contributed by atoms with E-state index in [-0.39, 0.29) is 5.91 Å². The fraction of sp³-hybridized carbons (Fsp3) is 0.133. The third kappa shape index (κ3) is 2.20. The third-order valence-corrected chi connectivity index (χ3v) is 2.78. The molecular formula is C15H15NO2. The maximum absolute atomic E-state index is 11.8. The van der Waals surface area contributed by atoms with Gasteiger partial charge in [0.05, 0.1) is 12.7 Å². The van der Waals surface area contributed by atoms with Gasteiger partial charge in [0, 0.05) is 12.6 Å². The summed E-state index contributed by atoms with van der Waals surface area (Å²) in [4.78, 5) is 11.8. The summed E-state index contributed by atoms with van der Waals surface area (Å²) < 4.78 is 5.39. The molecule has 0 saturated heterocycles. The number of hydrogen-bond donors (Lipinski definition) is 1. The molecule has 0 bridgehead atoms. The van der Waals surface area contributed by atoms with E-state index in [0.29, 0.717) is 11.3 Å². The highest BCUT2D eigenvalue weighted by atomic mass is 16.5. The van der Waals surface area contributed by atoms with Gasteiger partial charge in [-0.05, 0) is 11.6 Å². The largest absolute Gasteiger partial charge is 0.495 e. The number of ether oxygens (including phenoxy) is 1. The molecule has 0 unspecified atom stereocenters. The first kappa shape index (κ1) is 12.2. The Hall–Kier alpha value is -2.29. The lowest BCUT2D eigenvalue weighted by molar-refractivity contribution is 0.0960. The van der Waals surface area contributed by atoms with E-state index in [9.17, 15) is 4.79 Å². The topological polar surface area (TPSA) is 38.3 Å². The molecule has 0 fully saturated rings. The number of rotatable bonds is 3. The fourth-order valence-electron chi connectivity index (χ4n) is 1.92. The number of benzene rings is 2. The molecule has 0 aromatic heterocycles. The van der Waals surface area contributed by atoms with Crippen LogP contribution in [0.25, 0.3) is 11.1 Å². The Bertz CT molecular complexity index is 550. The summed E-state index contributed by atoms with van der Waals surface area (Å²) in [7, 11) is 3.19. The summed E-state index contributed by atoms with van der Waals surface area (Å²) in [5.41, 5.74) is 2.49. The SMILES string of the molecule is CNC(=O)c1cccc(-c2ccccc2)c1OC. The number of methoxy groups -OCH3 is 1. The van der Waals surface area contributed by atoms with E-state index in [2.05, 4.69) is 5.32 Å². The Morgan fingerprint density at radius 2 is 1.78 bits per heavy atom. The van der Waals surface area contributed by atoms with E-state index in [0.717, 1.165) is 11.1 Å². The first-order valence-electron chi connectivity index (χ1n) is 5.72. The van der Waals surface area contributed by atoms with Crippen molar-refractivity contribution in [1.82, 2.24) is 5.32 Å². The minimum absolute atomic E-state index is 0.148. The minimum Gasteiger partial charge on any atom is -0.495 e. The Morgan fingerprint density at radius 3 is 2.39 bits per heavy atom. The van der Waals surface area contributed by atoms with Crippen LogP contribution in [-0.4, -0.2) is 20.1 Å². The number of para-hydroxylation sites is 1. The van der Waals surface area contributed by atoms with Gasteiger partial charge in [-0.2, -0.15) is 0 Å². The zero-order chi connectivity index (χ0) is 13.0. The molecule has 92 valence electrons. The first-order chi connectivity index (χ1) is 8.77. The standard InChI is InChI=1S/C15H15NO2/c1-16-15(17)13-10-6-9-12(14(13)18-2)11-7-4-3-5-8-11/h3-10H,1-2H3,(H,16,17). The normalized spacial score (nSPS) is 9.89. The zero-order valence-electron chi connectivity index (χ0n) is 10.4. The molecule has 2 rings (SSSR count). The van der Waals surface area contributed by atoms with Crippen LogP contribution in [0.15, 0.2) is 48.5 Å². The predicted molar refractivity (Wildman–Crippen MR) is 71.8 cm³/mol. The molecule has 1 N–H and O–H groups in total. The van der Waals surface area contributed by atoms with Gasteiger partial charge in [-0.1, -0.05) is 42.5 Å². The van der Waals surface area contributed by atoms with E-state index in [4.69, 9.17) is 4.74 Å². The molecule has 0 spiro atoms. The third-order valence-electron chi connectivity index (χ3n) is 2.78. The molecule has 3 heteroatoms. The maximum Gasteiger partial charge on any atom is 0.254 e. The van der Waals surface area contributed by atoms with Crippen molar-refractivity contribution in [1.29, 1.82) is 0 Å². The van der Waals surface area contributed by atoms with Gasteiger partial charge in [-0.3, -0.25) is 4.79 Å². The number of nitrogens with one attached hydrogen (secondary N) is 1. The summed E-state index contributed by atoms with van der Waals surface area (Å²) in [6.07, 6.45) is 0. The first-order valence-corrected chi connectivity index (χ1v) is 5.72. The highest BCUT2D eigenvalue weighted by Crippen LogP contribution is 2.32. The van der Waals surface area contributed by atoms with Crippen LogP contribution in [0.4, 0.5) is 0 Å². The molecule has 0 aliphatic rings. The van der Waals surface area contributed by atoms with Crippen LogP contribution in [0, 0.1) is 0 Å². The smallest absolute Gasteiger partial charge is 0.254 e. The van der Waals surface area contributed by atoms with Gasteiger partial charge in [-0.15, -0.1) is 0 Å². The highest BCUT2D eigenvalue weighted by Gasteiger charge is 2.15. The molecule has 2 aromatic carbocycles. The van der Waals surface area contributed by atoms with Gasteiger partial charge in [0.25, 0.3) is 5.91 Å². The van der Waals surface area contributed by atoms with Gasteiger partial charge >= 0.3 is 0 Å². The van der Waals surface area contributed by atoms with Crippen LogP contribution in [0.1, 0.15) is 10.4 Å². The Kier molecular flexibility index (Phi) is 3.63. The lowest BCUT2D eigenvalue weighted by atomic mass is 10.0. The van der Waals surface area contributed by atoms with Crippen LogP contribution in [-0.2, 0) is 0 Å². The summed E-state index contributed by atoms with van der Waals surface area (Å²) in [5, 5.41) is 2.62. The van der Waals surface area contributed by atoms with E-state index < -0.39 is 0 Å². The molecule has 0 radical (unpaired) electrons.